The van der Waals surface area contributed by atoms with E-state index >= 15 is 0 Å². The summed E-state index contributed by atoms with van der Waals surface area (Å²) >= 11 is 0. The highest BCUT2D eigenvalue weighted by Gasteiger charge is 2.32. The number of hydrogen-bond donors (Lipinski definition) is 1. The molecule has 1 atom stereocenters. The van der Waals surface area contributed by atoms with Crippen LogP contribution in [0.1, 0.15) is 19.8 Å². The van der Waals surface area contributed by atoms with E-state index in [1.54, 1.807) is 18.4 Å². The van der Waals surface area contributed by atoms with Crippen molar-refractivity contribution in [3.8, 4) is 0 Å². The normalized spacial score (nSPS) is 24.7. The van der Waals surface area contributed by atoms with Gasteiger partial charge in [0.25, 0.3) is 10.2 Å². The van der Waals surface area contributed by atoms with Gasteiger partial charge in [0.05, 0.1) is 0 Å². The van der Waals surface area contributed by atoms with Gasteiger partial charge in [-0.25, -0.2) is 0 Å². The van der Waals surface area contributed by atoms with Crippen molar-refractivity contribution in [3.63, 3.8) is 0 Å². The second kappa shape index (κ2) is 5.25. The van der Waals surface area contributed by atoms with Crippen LogP contribution in [0, 0.1) is 0 Å². The minimum atomic E-state index is -3.24. The molecule has 0 aromatic carbocycles. The van der Waals surface area contributed by atoms with Crippen LogP contribution >= 0.6 is 0 Å². The summed E-state index contributed by atoms with van der Waals surface area (Å²) in [6, 6.07) is 0.108. The third kappa shape index (κ3) is 2.90. The number of nitrogens with one attached hydrogen (secondary N) is 1. The summed E-state index contributed by atoms with van der Waals surface area (Å²) in [5.41, 5.74) is 0. The lowest BCUT2D eigenvalue weighted by Crippen LogP contribution is -2.56. The molecule has 0 aromatic heterocycles. The number of piperazine rings is 1. The van der Waals surface area contributed by atoms with Crippen molar-refractivity contribution in [1.29, 1.82) is 0 Å². The van der Waals surface area contributed by atoms with Gasteiger partial charge in [-0.05, 0) is 6.42 Å². The summed E-state index contributed by atoms with van der Waals surface area (Å²) in [7, 11) is -0.0772. The molecule has 0 aromatic rings. The molecule has 0 aliphatic carbocycles. The SMILES string of the molecule is CCCC1CNCCN1S(=O)(=O)N(C)C. The molecule has 1 rings (SSSR count). The molecule has 0 saturated carbocycles. The Hall–Kier alpha value is -0.170. The fraction of sp³-hybridized carbons (Fsp3) is 1.00. The first-order valence-corrected chi connectivity index (χ1v) is 6.80. The van der Waals surface area contributed by atoms with Crippen molar-refractivity contribution < 1.29 is 8.42 Å². The van der Waals surface area contributed by atoms with Crippen LogP contribution in [-0.4, -0.2) is 56.8 Å². The Labute approximate surface area is 92.6 Å². The van der Waals surface area contributed by atoms with E-state index in [-0.39, 0.29) is 6.04 Å². The van der Waals surface area contributed by atoms with Gasteiger partial charge in [-0.1, -0.05) is 13.3 Å². The molecular weight excluding hydrogens is 214 g/mol. The smallest absolute Gasteiger partial charge is 0.281 e. The van der Waals surface area contributed by atoms with Gasteiger partial charge in [-0.2, -0.15) is 17.0 Å². The molecule has 1 saturated heterocycles. The lowest BCUT2D eigenvalue weighted by Gasteiger charge is -2.36. The largest absolute Gasteiger partial charge is 0.314 e. The van der Waals surface area contributed by atoms with E-state index < -0.39 is 10.2 Å². The van der Waals surface area contributed by atoms with Gasteiger partial charge in [0, 0.05) is 39.8 Å². The predicted octanol–water partition coefficient (Wildman–Crippen LogP) is -0.133. The number of rotatable bonds is 4. The van der Waals surface area contributed by atoms with Crippen molar-refractivity contribution in [1.82, 2.24) is 13.9 Å². The van der Waals surface area contributed by atoms with Gasteiger partial charge < -0.3 is 5.32 Å². The van der Waals surface area contributed by atoms with Crippen LogP contribution in [0.3, 0.4) is 0 Å². The van der Waals surface area contributed by atoms with Crippen LogP contribution in [0.25, 0.3) is 0 Å². The van der Waals surface area contributed by atoms with Gasteiger partial charge in [0.15, 0.2) is 0 Å². The summed E-state index contributed by atoms with van der Waals surface area (Å²) in [5, 5.41) is 3.24. The van der Waals surface area contributed by atoms with Crippen molar-refractivity contribution in [2.75, 3.05) is 33.7 Å². The zero-order chi connectivity index (χ0) is 11.5. The standard InChI is InChI=1S/C9H21N3O2S/c1-4-5-9-8-10-6-7-12(9)15(13,14)11(2)3/h9-10H,4-8H2,1-3H3. The van der Waals surface area contributed by atoms with Crippen LogP contribution in [0.15, 0.2) is 0 Å². The molecule has 0 spiro atoms. The molecule has 90 valence electrons. The predicted molar refractivity (Wildman–Crippen MR) is 60.9 cm³/mol. The minimum absolute atomic E-state index is 0.108. The maximum atomic E-state index is 12.0. The van der Waals surface area contributed by atoms with Gasteiger partial charge in [-0.3, -0.25) is 0 Å². The van der Waals surface area contributed by atoms with E-state index in [2.05, 4.69) is 12.2 Å². The van der Waals surface area contributed by atoms with Crippen molar-refractivity contribution in [2.24, 2.45) is 0 Å². The van der Waals surface area contributed by atoms with Gasteiger partial charge in [0.2, 0.25) is 0 Å². The van der Waals surface area contributed by atoms with Crippen LogP contribution in [0.2, 0.25) is 0 Å². The minimum Gasteiger partial charge on any atom is -0.314 e. The summed E-state index contributed by atoms with van der Waals surface area (Å²) in [5.74, 6) is 0. The Morgan fingerprint density at radius 2 is 2.13 bits per heavy atom. The van der Waals surface area contributed by atoms with Crippen LogP contribution in [-0.2, 0) is 10.2 Å². The summed E-state index contributed by atoms with van der Waals surface area (Å²) in [6.45, 7) is 4.16. The first kappa shape index (κ1) is 12.9. The molecule has 1 aliphatic rings. The topological polar surface area (TPSA) is 52.7 Å². The molecule has 0 radical (unpaired) electrons. The fourth-order valence-electron chi connectivity index (χ4n) is 1.84. The Balaban J connectivity index is 2.80. The van der Waals surface area contributed by atoms with Crippen molar-refractivity contribution in [2.45, 2.75) is 25.8 Å². The molecule has 6 heteroatoms. The molecule has 15 heavy (non-hydrogen) atoms. The number of nitrogens with zero attached hydrogens (tertiary/aromatic N) is 2. The molecule has 1 fully saturated rings. The lowest BCUT2D eigenvalue weighted by molar-refractivity contribution is 0.242. The first-order chi connectivity index (χ1) is 7.00. The van der Waals surface area contributed by atoms with E-state index in [9.17, 15) is 8.42 Å². The highest BCUT2D eigenvalue weighted by molar-refractivity contribution is 7.86. The highest BCUT2D eigenvalue weighted by Crippen LogP contribution is 2.15. The average Bonchev–Trinajstić information content (AvgIpc) is 2.18. The third-order valence-corrected chi connectivity index (χ3v) is 4.67. The zero-order valence-electron chi connectivity index (χ0n) is 9.73. The Morgan fingerprint density at radius 1 is 1.47 bits per heavy atom. The van der Waals surface area contributed by atoms with Crippen LogP contribution in [0.4, 0.5) is 0 Å². The molecule has 1 N–H and O–H groups in total. The number of hydrogen-bond acceptors (Lipinski definition) is 3. The molecule has 0 bridgehead atoms. The van der Waals surface area contributed by atoms with Crippen molar-refractivity contribution >= 4 is 10.2 Å². The monoisotopic (exact) mass is 235 g/mol. The fourth-order valence-corrected chi connectivity index (χ4v) is 3.13. The molecule has 5 nitrogen and oxygen atoms in total. The molecule has 1 unspecified atom stereocenters. The van der Waals surface area contributed by atoms with Gasteiger partial charge in [0.1, 0.15) is 0 Å². The average molecular weight is 235 g/mol. The summed E-state index contributed by atoms with van der Waals surface area (Å²) in [6.07, 6.45) is 1.92. The van der Waals surface area contributed by atoms with Crippen LogP contribution < -0.4 is 5.32 Å². The van der Waals surface area contributed by atoms with E-state index in [4.69, 9.17) is 0 Å². The summed E-state index contributed by atoms with van der Waals surface area (Å²) < 4.78 is 26.9. The maximum absolute atomic E-state index is 12.0. The molecular formula is C9H21N3O2S. The Kier molecular flexibility index (Phi) is 4.51. The molecule has 1 heterocycles. The van der Waals surface area contributed by atoms with E-state index in [1.165, 1.54) is 4.31 Å². The first-order valence-electron chi connectivity index (χ1n) is 5.40. The van der Waals surface area contributed by atoms with Gasteiger partial charge >= 0.3 is 0 Å². The lowest BCUT2D eigenvalue weighted by atomic mass is 10.1. The quantitative estimate of drug-likeness (QED) is 0.738. The molecule has 1 aliphatic heterocycles. The second-order valence-electron chi connectivity index (χ2n) is 4.05. The zero-order valence-corrected chi connectivity index (χ0v) is 10.5. The third-order valence-electron chi connectivity index (χ3n) is 2.68. The van der Waals surface area contributed by atoms with E-state index in [1.807, 2.05) is 0 Å². The maximum Gasteiger partial charge on any atom is 0.281 e. The highest BCUT2D eigenvalue weighted by atomic mass is 32.2. The van der Waals surface area contributed by atoms with Gasteiger partial charge in [-0.15, -0.1) is 0 Å². The Bertz CT molecular complexity index is 288. The summed E-state index contributed by atoms with van der Waals surface area (Å²) in [4.78, 5) is 0. The Morgan fingerprint density at radius 3 is 2.67 bits per heavy atom. The molecule has 0 amide bonds. The van der Waals surface area contributed by atoms with Crippen LogP contribution in [0.5, 0.6) is 0 Å². The van der Waals surface area contributed by atoms with E-state index in [0.717, 1.165) is 25.9 Å². The van der Waals surface area contributed by atoms with Crippen molar-refractivity contribution in [3.05, 3.63) is 0 Å². The van der Waals surface area contributed by atoms with E-state index in [0.29, 0.717) is 6.54 Å². The second-order valence-corrected chi connectivity index (χ2v) is 6.14.